The van der Waals surface area contributed by atoms with E-state index in [1.165, 1.54) is 0 Å². The van der Waals surface area contributed by atoms with Gasteiger partial charge in [-0.1, -0.05) is 6.07 Å². The second-order valence-corrected chi connectivity index (χ2v) is 7.19. The van der Waals surface area contributed by atoms with Crippen LogP contribution in [0.15, 0.2) is 42.7 Å². The van der Waals surface area contributed by atoms with Gasteiger partial charge in [-0.05, 0) is 67.7 Å². The normalized spacial score (nSPS) is 19.8. The molecule has 0 spiro atoms. The second kappa shape index (κ2) is 8.35. The van der Waals surface area contributed by atoms with E-state index in [1.54, 1.807) is 13.3 Å². The summed E-state index contributed by atoms with van der Waals surface area (Å²) in [6, 6.07) is 10.5. The van der Waals surface area contributed by atoms with E-state index in [-0.39, 0.29) is 0 Å². The van der Waals surface area contributed by atoms with E-state index < -0.39 is 0 Å². The summed E-state index contributed by atoms with van der Waals surface area (Å²) in [6.45, 7) is 0. The fourth-order valence-corrected chi connectivity index (χ4v) is 3.54. The molecule has 0 amide bonds. The lowest BCUT2D eigenvalue weighted by molar-refractivity contribution is 0.410. The maximum atomic E-state index is 6.05. The first-order valence-corrected chi connectivity index (χ1v) is 9.67. The molecule has 144 valence electrons. The Morgan fingerprint density at radius 2 is 1.96 bits per heavy atom. The Morgan fingerprint density at radius 3 is 2.71 bits per heavy atom. The van der Waals surface area contributed by atoms with E-state index in [1.807, 2.05) is 48.7 Å². The van der Waals surface area contributed by atoms with Gasteiger partial charge in [0.2, 0.25) is 0 Å². The Hall–Kier alpha value is -2.99. The van der Waals surface area contributed by atoms with Gasteiger partial charge in [-0.2, -0.15) is 0 Å². The van der Waals surface area contributed by atoms with Crippen LogP contribution in [0, 0.1) is 0 Å². The highest BCUT2D eigenvalue weighted by atomic mass is 16.5. The van der Waals surface area contributed by atoms with Crippen LogP contribution in [-0.2, 0) is 0 Å². The average molecular weight is 375 g/mol. The summed E-state index contributed by atoms with van der Waals surface area (Å²) in [5.74, 6) is 2.30. The molecule has 1 aliphatic rings. The zero-order chi connectivity index (χ0) is 19.3. The van der Waals surface area contributed by atoms with E-state index >= 15 is 0 Å². The standard InChI is InChI=1S/C22H25N5O/c1-28-18-9-10-20-19(13-18)22(25-17-7-5-16(23)6-8-17)27-21(26-20)11-4-15-3-2-12-24-14-15/h2-4,9-14,16-17H,5-8,23H2,1H3,(H,25,26,27). The van der Waals surface area contributed by atoms with Gasteiger partial charge in [0.25, 0.3) is 0 Å². The maximum Gasteiger partial charge on any atom is 0.154 e. The minimum absolute atomic E-state index is 0.318. The van der Waals surface area contributed by atoms with Crippen LogP contribution in [-0.4, -0.2) is 34.1 Å². The zero-order valence-corrected chi connectivity index (χ0v) is 16.0. The maximum absolute atomic E-state index is 6.05. The first-order chi connectivity index (χ1) is 13.7. The molecular formula is C22H25N5O. The molecule has 2 heterocycles. The highest BCUT2D eigenvalue weighted by molar-refractivity contribution is 5.91. The van der Waals surface area contributed by atoms with Gasteiger partial charge in [0.15, 0.2) is 5.82 Å². The van der Waals surface area contributed by atoms with Crippen molar-refractivity contribution >= 4 is 28.9 Å². The molecule has 6 nitrogen and oxygen atoms in total. The van der Waals surface area contributed by atoms with Crippen molar-refractivity contribution < 1.29 is 4.74 Å². The van der Waals surface area contributed by atoms with Gasteiger partial charge in [0.05, 0.1) is 12.6 Å². The van der Waals surface area contributed by atoms with E-state index in [9.17, 15) is 0 Å². The predicted molar refractivity (Wildman–Crippen MR) is 113 cm³/mol. The second-order valence-electron chi connectivity index (χ2n) is 7.19. The molecule has 0 bridgehead atoms. The van der Waals surface area contributed by atoms with E-state index in [4.69, 9.17) is 20.4 Å². The van der Waals surface area contributed by atoms with Crippen molar-refractivity contribution in [3.63, 3.8) is 0 Å². The largest absolute Gasteiger partial charge is 0.497 e. The molecule has 0 atom stereocenters. The van der Waals surface area contributed by atoms with Crippen molar-refractivity contribution in [2.75, 3.05) is 12.4 Å². The third kappa shape index (κ3) is 4.28. The van der Waals surface area contributed by atoms with Gasteiger partial charge in [-0.3, -0.25) is 4.98 Å². The molecule has 4 rings (SSSR count). The number of hydrogen-bond donors (Lipinski definition) is 2. The number of pyridine rings is 1. The van der Waals surface area contributed by atoms with E-state index in [2.05, 4.69) is 10.3 Å². The third-order valence-electron chi connectivity index (χ3n) is 5.14. The molecule has 3 aromatic rings. The van der Waals surface area contributed by atoms with Crippen molar-refractivity contribution in [1.29, 1.82) is 0 Å². The average Bonchev–Trinajstić information content (AvgIpc) is 2.74. The monoisotopic (exact) mass is 375 g/mol. The van der Waals surface area contributed by atoms with Crippen molar-refractivity contribution in [2.45, 2.75) is 37.8 Å². The molecule has 1 fully saturated rings. The number of ether oxygens (including phenoxy) is 1. The molecular weight excluding hydrogens is 350 g/mol. The van der Waals surface area contributed by atoms with Gasteiger partial charge < -0.3 is 15.8 Å². The van der Waals surface area contributed by atoms with Crippen LogP contribution in [0.3, 0.4) is 0 Å². The molecule has 0 radical (unpaired) electrons. The molecule has 0 unspecified atom stereocenters. The zero-order valence-electron chi connectivity index (χ0n) is 16.0. The van der Waals surface area contributed by atoms with E-state index in [0.717, 1.165) is 53.7 Å². The van der Waals surface area contributed by atoms with Crippen molar-refractivity contribution in [2.24, 2.45) is 5.73 Å². The SMILES string of the molecule is COc1ccc2nc(C=Cc3cccnc3)nc(NC3CCC(N)CC3)c2c1. The number of rotatable bonds is 5. The van der Waals surface area contributed by atoms with Gasteiger partial charge in [0, 0.05) is 29.9 Å². The number of aromatic nitrogens is 3. The summed E-state index contributed by atoms with van der Waals surface area (Å²) in [6.07, 6.45) is 11.6. The lowest BCUT2D eigenvalue weighted by Gasteiger charge is -2.27. The molecule has 2 aromatic heterocycles. The number of hydrogen-bond acceptors (Lipinski definition) is 6. The fourth-order valence-electron chi connectivity index (χ4n) is 3.54. The number of nitrogens with one attached hydrogen (secondary N) is 1. The Labute approximate surface area is 164 Å². The first kappa shape index (κ1) is 18.4. The topological polar surface area (TPSA) is 86.0 Å². The Kier molecular flexibility index (Phi) is 5.48. The summed E-state index contributed by atoms with van der Waals surface area (Å²) >= 11 is 0. The van der Waals surface area contributed by atoms with Crippen LogP contribution < -0.4 is 15.8 Å². The van der Waals surface area contributed by atoms with Crippen LogP contribution in [0.1, 0.15) is 37.1 Å². The highest BCUT2D eigenvalue weighted by Gasteiger charge is 2.20. The van der Waals surface area contributed by atoms with Gasteiger partial charge >= 0.3 is 0 Å². The molecule has 6 heteroatoms. The van der Waals surface area contributed by atoms with Crippen LogP contribution >= 0.6 is 0 Å². The summed E-state index contributed by atoms with van der Waals surface area (Å²) in [5, 5.41) is 4.59. The number of nitrogens with zero attached hydrogens (tertiary/aromatic N) is 3. The number of benzene rings is 1. The van der Waals surface area contributed by atoms with Gasteiger partial charge in [-0.25, -0.2) is 9.97 Å². The molecule has 0 saturated heterocycles. The number of anilines is 1. The minimum atomic E-state index is 0.318. The van der Waals surface area contributed by atoms with Crippen molar-refractivity contribution in [1.82, 2.24) is 15.0 Å². The molecule has 28 heavy (non-hydrogen) atoms. The summed E-state index contributed by atoms with van der Waals surface area (Å²) < 4.78 is 5.40. The smallest absolute Gasteiger partial charge is 0.154 e. The van der Waals surface area contributed by atoms with Crippen LogP contribution in [0.5, 0.6) is 5.75 Å². The number of fused-ring (bicyclic) bond motifs is 1. The Balaban J connectivity index is 1.68. The summed E-state index contributed by atoms with van der Waals surface area (Å²) in [5.41, 5.74) is 7.95. The molecule has 1 aromatic carbocycles. The first-order valence-electron chi connectivity index (χ1n) is 9.67. The number of methoxy groups -OCH3 is 1. The lowest BCUT2D eigenvalue weighted by atomic mass is 9.92. The van der Waals surface area contributed by atoms with Gasteiger partial charge in [0.1, 0.15) is 11.6 Å². The van der Waals surface area contributed by atoms with Crippen molar-refractivity contribution in [3.8, 4) is 5.75 Å². The van der Waals surface area contributed by atoms with Crippen LogP contribution in [0.2, 0.25) is 0 Å². The molecule has 1 aliphatic carbocycles. The minimum Gasteiger partial charge on any atom is -0.497 e. The fraction of sp³-hybridized carbons (Fsp3) is 0.318. The quantitative estimate of drug-likeness (QED) is 0.704. The number of nitrogens with two attached hydrogens (primary N) is 1. The van der Waals surface area contributed by atoms with Crippen molar-refractivity contribution in [3.05, 3.63) is 54.1 Å². The van der Waals surface area contributed by atoms with Crippen LogP contribution in [0.4, 0.5) is 5.82 Å². The Morgan fingerprint density at radius 1 is 1.11 bits per heavy atom. The summed E-state index contributed by atoms with van der Waals surface area (Å²) in [7, 11) is 1.67. The Bertz CT molecular complexity index is 965. The predicted octanol–water partition coefficient (Wildman–Crippen LogP) is 3.89. The molecule has 3 N–H and O–H groups in total. The van der Waals surface area contributed by atoms with E-state index in [0.29, 0.717) is 17.9 Å². The van der Waals surface area contributed by atoms with Gasteiger partial charge in [-0.15, -0.1) is 0 Å². The molecule has 1 saturated carbocycles. The van der Waals surface area contributed by atoms with Crippen LogP contribution in [0.25, 0.3) is 23.1 Å². The lowest BCUT2D eigenvalue weighted by Crippen LogP contribution is -2.33. The molecule has 0 aliphatic heterocycles. The third-order valence-corrected chi connectivity index (χ3v) is 5.14. The highest BCUT2D eigenvalue weighted by Crippen LogP contribution is 2.28. The summed E-state index contributed by atoms with van der Waals surface area (Å²) in [4.78, 5) is 13.6.